The predicted molar refractivity (Wildman–Crippen MR) is 92.0 cm³/mol. The minimum atomic E-state index is 0.262. The molecule has 1 aromatic carbocycles. The Morgan fingerprint density at radius 3 is 2.79 bits per heavy atom. The van der Waals surface area contributed by atoms with E-state index in [0.717, 1.165) is 17.9 Å². The van der Waals surface area contributed by atoms with Crippen molar-refractivity contribution in [2.45, 2.75) is 39.4 Å². The van der Waals surface area contributed by atoms with E-state index < -0.39 is 0 Å². The minimum absolute atomic E-state index is 0.262. The maximum atomic E-state index is 5.69. The van der Waals surface area contributed by atoms with Gasteiger partial charge >= 0.3 is 0 Å². The summed E-state index contributed by atoms with van der Waals surface area (Å²) in [6.07, 6.45) is 3.95. The topological polar surface area (TPSA) is 57.5 Å². The van der Waals surface area contributed by atoms with Crippen molar-refractivity contribution in [3.63, 3.8) is 0 Å². The summed E-state index contributed by atoms with van der Waals surface area (Å²) in [4.78, 5) is 0. The van der Waals surface area contributed by atoms with E-state index in [1.807, 2.05) is 23.0 Å². The lowest BCUT2D eigenvalue weighted by molar-refractivity contribution is 0.165. The average molecular weight is 331 g/mol. The third-order valence-electron chi connectivity index (χ3n) is 4.39. The van der Waals surface area contributed by atoms with E-state index >= 15 is 0 Å². The first-order chi connectivity index (χ1) is 11.6. The molecule has 2 atom stereocenters. The Morgan fingerprint density at radius 1 is 1.29 bits per heavy atom. The molecule has 0 bridgehead atoms. The molecular weight excluding hydrogens is 306 g/mol. The fraction of sp³-hybridized carbons (Fsp3) is 0.500. The zero-order chi connectivity index (χ0) is 17.1. The average Bonchev–Trinajstić information content (AvgIpc) is 3.04. The van der Waals surface area contributed by atoms with Crippen LogP contribution in [0.25, 0.3) is 0 Å². The maximum Gasteiger partial charge on any atom is 0.203 e. The van der Waals surface area contributed by atoms with Gasteiger partial charge in [-0.05, 0) is 44.0 Å². The molecule has 2 heterocycles. The number of aromatic nitrogens is 2. The standard InChI is InChI=1S/C18H25N3O3/c1-12-9-20-21(11-12)14(3)13(2)19-10-15-7-16(22-4)18-17(8-15)23-5-6-24-18/h7-9,11,13-14,19H,5-6,10H2,1-4H3. The Balaban J connectivity index is 1.67. The van der Waals surface area contributed by atoms with Gasteiger partial charge in [-0.15, -0.1) is 0 Å². The van der Waals surface area contributed by atoms with Gasteiger partial charge in [-0.3, -0.25) is 4.68 Å². The molecular formula is C18H25N3O3. The van der Waals surface area contributed by atoms with E-state index in [2.05, 4.69) is 37.4 Å². The normalized spacial score (nSPS) is 15.8. The third-order valence-corrected chi connectivity index (χ3v) is 4.39. The SMILES string of the molecule is COc1cc(CNC(C)C(C)n2cc(C)cn2)cc2c1OCCO2. The third kappa shape index (κ3) is 3.48. The van der Waals surface area contributed by atoms with E-state index in [-0.39, 0.29) is 12.1 Å². The number of hydrogen-bond donors (Lipinski definition) is 1. The predicted octanol–water partition coefficient (Wildman–Crippen LogP) is 2.71. The summed E-state index contributed by atoms with van der Waals surface area (Å²) in [6, 6.07) is 4.54. The summed E-state index contributed by atoms with van der Waals surface area (Å²) in [6.45, 7) is 8.22. The quantitative estimate of drug-likeness (QED) is 0.882. The van der Waals surface area contributed by atoms with Crippen LogP contribution >= 0.6 is 0 Å². The number of methoxy groups -OCH3 is 1. The first-order valence-electron chi connectivity index (χ1n) is 8.29. The van der Waals surface area contributed by atoms with Gasteiger partial charge in [-0.1, -0.05) is 0 Å². The summed E-state index contributed by atoms with van der Waals surface area (Å²) in [5.41, 5.74) is 2.28. The Morgan fingerprint density at radius 2 is 2.08 bits per heavy atom. The maximum absolute atomic E-state index is 5.69. The van der Waals surface area contributed by atoms with Gasteiger partial charge in [-0.2, -0.15) is 5.10 Å². The molecule has 0 saturated heterocycles. The highest BCUT2D eigenvalue weighted by Gasteiger charge is 2.19. The minimum Gasteiger partial charge on any atom is -0.493 e. The summed E-state index contributed by atoms with van der Waals surface area (Å²) < 4.78 is 18.8. The number of hydrogen-bond acceptors (Lipinski definition) is 5. The number of aryl methyl sites for hydroxylation is 1. The molecule has 0 saturated carbocycles. The van der Waals surface area contributed by atoms with Crippen molar-refractivity contribution in [2.75, 3.05) is 20.3 Å². The van der Waals surface area contributed by atoms with Gasteiger partial charge in [0.25, 0.3) is 0 Å². The molecule has 0 radical (unpaired) electrons. The van der Waals surface area contributed by atoms with Crippen LogP contribution < -0.4 is 19.5 Å². The van der Waals surface area contributed by atoms with Crippen molar-refractivity contribution < 1.29 is 14.2 Å². The molecule has 1 N–H and O–H groups in total. The van der Waals surface area contributed by atoms with Crippen LogP contribution in [0.4, 0.5) is 0 Å². The lowest BCUT2D eigenvalue weighted by atomic mass is 10.1. The van der Waals surface area contributed by atoms with Crippen LogP contribution in [-0.4, -0.2) is 36.1 Å². The summed E-state index contributed by atoms with van der Waals surface area (Å²) >= 11 is 0. The number of ether oxygens (including phenoxy) is 3. The van der Waals surface area contributed by atoms with E-state index in [1.54, 1.807) is 7.11 Å². The number of benzene rings is 1. The van der Waals surface area contributed by atoms with Gasteiger partial charge in [0.05, 0.1) is 19.3 Å². The lowest BCUT2D eigenvalue weighted by Crippen LogP contribution is -2.33. The molecule has 0 aliphatic carbocycles. The monoisotopic (exact) mass is 331 g/mol. The highest BCUT2D eigenvalue weighted by Crippen LogP contribution is 2.40. The second-order valence-electron chi connectivity index (χ2n) is 6.23. The van der Waals surface area contributed by atoms with E-state index in [0.29, 0.717) is 24.7 Å². The molecule has 0 fully saturated rings. The van der Waals surface area contributed by atoms with Crippen LogP contribution in [0.5, 0.6) is 17.2 Å². The molecule has 0 amide bonds. The first-order valence-corrected chi connectivity index (χ1v) is 8.29. The Kier molecular flexibility index (Phi) is 4.94. The molecule has 1 aromatic heterocycles. The van der Waals surface area contributed by atoms with Crippen molar-refractivity contribution in [2.24, 2.45) is 0 Å². The Bertz CT molecular complexity index is 682. The van der Waals surface area contributed by atoms with Crippen LogP contribution in [0.2, 0.25) is 0 Å². The van der Waals surface area contributed by atoms with Gasteiger partial charge in [-0.25, -0.2) is 0 Å². The smallest absolute Gasteiger partial charge is 0.203 e. The molecule has 6 nitrogen and oxygen atoms in total. The van der Waals surface area contributed by atoms with Gasteiger partial charge in [0.2, 0.25) is 5.75 Å². The van der Waals surface area contributed by atoms with E-state index in [4.69, 9.17) is 14.2 Å². The van der Waals surface area contributed by atoms with Gasteiger partial charge in [0, 0.05) is 18.8 Å². The number of nitrogens with one attached hydrogen (secondary N) is 1. The van der Waals surface area contributed by atoms with Crippen LogP contribution in [-0.2, 0) is 6.54 Å². The molecule has 6 heteroatoms. The highest BCUT2D eigenvalue weighted by molar-refractivity contribution is 5.54. The van der Waals surface area contributed by atoms with Crippen LogP contribution in [0.3, 0.4) is 0 Å². The van der Waals surface area contributed by atoms with Crippen molar-refractivity contribution in [1.29, 1.82) is 0 Å². The van der Waals surface area contributed by atoms with Crippen molar-refractivity contribution in [3.8, 4) is 17.2 Å². The zero-order valence-electron chi connectivity index (χ0n) is 14.7. The number of rotatable bonds is 6. The molecule has 0 spiro atoms. The van der Waals surface area contributed by atoms with Crippen molar-refractivity contribution >= 4 is 0 Å². The second-order valence-corrected chi connectivity index (χ2v) is 6.23. The Hall–Kier alpha value is -2.21. The van der Waals surface area contributed by atoms with Crippen LogP contribution in [0, 0.1) is 6.92 Å². The van der Waals surface area contributed by atoms with Crippen molar-refractivity contribution in [3.05, 3.63) is 35.7 Å². The molecule has 3 rings (SSSR count). The zero-order valence-corrected chi connectivity index (χ0v) is 14.7. The largest absolute Gasteiger partial charge is 0.493 e. The molecule has 1 aliphatic heterocycles. The molecule has 2 unspecified atom stereocenters. The molecule has 130 valence electrons. The highest BCUT2D eigenvalue weighted by atomic mass is 16.6. The van der Waals surface area contributed by atoms with Crippen LogP contribution in [0.15, 0.2) is 24.5 Å². The first kappa shape index (κ1) is 16.6. The van der Waals surface area contributed by atoms with Crippen molar-refractivity contribution in [1.82, 2.24) is 15.1 Å². The number of nitrogens with zero attached hydrogens (tertiary/aromatic N) is 2. The second kappa shape index (κ2) is 7.13. The number of fused-ring (bicyclic) bond motifs is 1. The van der Waals surface area contributed by atoms with Crippen LogP contribution in [0.1, 0.15) is 31.0 Å². The summed E-state index contributed by atoms with van der Waals surface area (Å²) in [5, 5.41) is 7.95. The van der Waals surface area contributed by atoms with Gasteiger partial charge in [0.15, 0.2) is 11.5 Å². The molecule has 2 aromatic rings. The van der Waals surface area contributed by atoms with Gasteiger partial charge < -0.3 is 19.5 Å². The fourth-order valence-electron chi connectivity index (χ4n) is 2.76. The molecule has 24 heavy (non-hydrogen) atoms. The molecule has 1 aliphatic rings. The lowest BCUT2D eigenvalue weighted by Gasteiger charge is -2.24. The van der Waals surface area contributed by atoms with E-state index in [1.165, 1.54) is 5.56 Å². The summed E-state index contributed by atoms with van der Waals surface area (Å²) in [7, 11) is 1.65. The fourth-order valence-corrected chi connectivity index (χ4v) is 2.76. The van der Waals surface area contributed by atoms with Gasteiger partial charge in [0.1, 0.15) is 13.2 Å². The Labute approximate surface area is 142 Å². The van der Waals surface area contributed by atoms with E-state index in [9.17, 15) is 0 Å². The summed E-state index contributed by atoms with van der Waals surface area (Å²) in [5.74, 6) is 2.16.